The molecule has 0 spiro atoms. The van der Waals surface area contributed by atoms with E-state index in [9.17, 15) is 9.18 Å². The van der Waals surface area contributed by atoms with Crippen molar-refractivity contribution in [2.45, 2.75) is 13.2 Å². The number of benzene rings is 2. The van der Waals surface area contributed by atoms with Crippen molar-refractivity contribution < 1.29 is 18.3 Å². The number of halogens is 2. The van der Waals surface area contributed by atoms with E-state index in [1.54, 1.807) is 48.5 Å². The van der Waals surface area contributed by atoms with Crippen LogP contribution in [0.3, 0.4) is 0 Å². The van der Waals surface area contributed by atoms with Crippen molar-refractivity contribution in [3.05, 3.63) is 94.9 Å². The van der Waals surface area contributed by atoms with Gasteiger partial charge in [0.2, 0.25) is 5.95 Å². The molecule has 30 heavy (non-hydrogen) atoms. The van der Waals surface area contributed by atoms with Crippen LogP contribution in [-0.2, 0) is 13.2 Å². The van der Waals surface area contributed by atoms with Crippen LogP contribution in [0.2, 0.25) is 5.02 Å². The average molecular weight is 427 g/mol. The lowest BCUT2D eigenvalue weighted by Crippen LogP contribution is -2.12. The number of nitrogens with zero attached hydrogens (tertiary/aromatic N) is 3. The molecule has 4 rings (SSSR count). The molecule has 7 nitrogen and oxygen atoms in total. The maximum absolute atomic E-state index is 13.0. The van der Waals surface area contributed by atoms with E-state index >= 15 is 0 Å². The highest BCUT2D eigenvalue weighted by Crippen LogP contribution is 2.18. The zero-order valence-corrected chi connectivity index (χ0v) is 16.3. The fourth-order valence-electron chi connectivity index (χ4n) is 2.63. The van der Waals surface area contributed by atoms with Crippen molar-refractivity contribution in [3.63, 3.8) is 0 Å². The van der Waals surface area contributed by atoms with Gasteiger partial charge in [-0.1, -0.05) is 23.7 Å². The Morgan fingerprint density at radius 2 is 1.87 bits per heavy atom. The van der Waals surface area contributed by atoms with Crippen LogP contribution in [0.4, 0.5) is 10.3 Å². The van der Waals surface area contributed by atoms with Crippen LogP contribution in [0.5, 0.6) is 5.75 Å². The quantitative estimate of drug-likeness (QED) is 0.469. The molecular formula is C21H16ClFN4O3. The first-order chi connectivity index (χ1) is 14.5. The van der Waals surface area contributed by atoms with Gasteiger partial charge >= 0.3 is 0 Å². The number of amides is 1. The molecule has 0 saturated carbocycles. The van der Waals surface area contributed by atoms with Gasteiger partial charge in [-0.25, -0.2) is 14.1 Å². The third kappa shape index (κ3) is 5.03. The van der Waals surface area contributed by atoms with Gasteiger partial charge < -0.3 is 9.15 Å². The molecule has 9 heteroatoms. The second-order valence-electron chi connectivity index (χ2n) is 6.35. The molecule has 0 aliphatic carbocycles. The molecule has 0 bridgehead atoms. The van der Waals surface area contributed by atoms with Crippen molar-refractivity contribution in [2.75, 3.05) is 5.32 Å². The number of anilines is 1. The fraction of sp³-hybridized carbons (Fsp3) is 0.0952. The Morgan fingerprint density at radius 1 is 1.10 bits per heavy atom. The Kier molecular flexibility index (Phi) is 5.76. The normalized spacial score (nSPS) is 10.7. The van der Waals surface area contributed by atoms with E-state index in [0.717, 1.165) is 5.56 Å². The third-order valence-corrected chi connectivity index (χ3v) is 4.35. The van der Waals surface area contributed by atoms with Crippen LogP contribution in [0.15, 0.2) is 71.4 Å². The van der Waals surface area contributed by atoms with Crippen molar-refractivity contribution in [3.8, 4) is 5.75 Å². The van der Waals surface area contributed by atoms with Crippen LogP contribution < -0.4 is 10.1 Å². The number of furan rings is 1. The molecule has 4 aromatic rings. The van der Waals surface area contributed by atoms with Crippen molar-refractivity contribution in [2.24, 2.45) is 0 Å². The van der Waals surface area contributed by atoms with E-state index in [0.29, 0.717) is 23.1 Å². The lowest BCUT2D eigenvalue weighted by atomic mass is 10.2. The van der Waals surface area contributed by atoms with Gasteiger partial charge in [-0.15, -0.1) is 5.10 Å². The predicted octanol–water partition coefficient (Wildman–Crippen LogP) is 4.54. The van der Waals surface area contributed by atoms with Gasteiger partial charge in [0.1, 0.15) is 30.3 Å². The third-order valence-electron chi connectivity index (χ3n) is 4.10. The van der Waals surface area contributed by atoms with Crippen LogP contribution in [0.25, 0.3) is 0 Å². The Morgan fingerprint density at radius 3 is 2.63 bits per heavy atom. The van der Waals surface area contributed by atoms with Crippen LogP contribution >= 0.6 is 11.6 Å². The van der Waals surface area contributed by atoms with Crippen LogP contribution in [0, 0.1) is 5.82 Å². The standard InChI is InChI=1S/C21H16ClFN4O3/c22-15-3-7-17(8-4-15)29-12-18-9-10-19(30-18)20(28)25-21-24-13-27(26-21)11-14-1-5-16(23)6-2-14/h1-10,13H,11-12H2,(H,25,26,28). The fourth-order valence-corrected chi connectivity index (χ4v) is 2.76. The first-order valence-corrected chi connectivity index (χ1v) is 9.35. The largest absolute Gasteiger partial charge is 0.486 e. The van der Waals surface area contributed by atoms with Gasteiger partial charge in [-0.3, -0.25) is 10.1 Å². The Hall–Kier alpha value is -3.65. The molecule has 1 N–H and O–H groups in total. The number of carbonyl (C=O) groups is 1. The number of aromatic nitrogens is 3. The highest BCUT2D eigenvalue weighted by atomic mass is 35.5. The van der Waals surface area contributed by atoms with Crippen LogP contribution in [-0.4, -0.2) is 20.7 Å². The van der Waals surface area contributed by atoms with Crippen molar-refractivity contribution >= 4 is 23.5 Å². The van der Waals surface area contributed by atoms with E-state index in [1.165, 1.54) is 23.1 Å². The molecule has 0 unspecified atom stereocenters. The summed E-state index contributed by atoms with van der Waals surface area (Å²) in [4.78, 5) is 16.4. The van der Waals surface area contributed by atoms with Gasteiger partial charge in [0, 0.05) is 5.02 Å². The molecule has 152 valence electrons. The summed E-state index contributed by atoms with van der Waals surface area (Å²) < 4.78 is 25.6. The minimum atomic E-state index is -0.479. The number of nitrogens with one attached hydrogen (secondary N) is 1. The van der Waals surface area contributed by atoms with Gasteiger partial charge in [-0.05, 0) is 54.1 Å². The molecule has 0 atom stereocenters. The molecule has 1 amide bonds. The van der Waals surface area contributed by atoms with Crippen LogP contribution in [0.1, 0.15) is 21.9 Å². The Bertz CT molecular complexity index is 1140. The molecule has 2 aromatic carbocycles. The molecule has 2 heterocycles. The van der Waals surface area contributed by atoms with Gasteiger partial charge in [0.05, 0.1) is 6.54 Å². The summed E-state index contributed by atoms with van der Waals surface area (Å²) in [6, 6.07) is 16.2. The first-order valence-electron chi connectivity index (χ1n) is 8.97. The Balaban J connectivity index is 1.32. The highest BCUT2D eigenvalue weighted by Gasteiger charge is 2.14. The molecule has 0 saturated heterocycles. The summed E-state index contributed by atoms with van der Waals surface area (Å²) in [5, 5.41) is 7.38. The summed E-state index contributed by atoms with van der Waals surface area (Å²) in [5.74, 6) is 0.591. The van der Waals surface area contributed by atoms with Crippen molar-refractivity contribution in [1.82, 2.24) is 14.8 Å². The summed E-state index contributed by atoms with van der Waals surface area (Å²) in [5.41, 5.74) is 0.857. The van der Waals surface area contributed by atoms with Gasteiger partial charge in [0.15, 0.2) is 5.76 Å². The van der Waals surface area contributed by atoms with Gasteiger partial charge in [0.25, 0.3) is 5.91 Å². The van der Waals surface area contributed by atoms with E-state index in [4.69, 9.17) is 20.8 Å². The molecule has 0 aliphatic heterocycles. The maximum Gasteiger partial charge on any atom is 0.293 e. The smallest absolute Gasteiger partial charge is 0.293 e. The topological polar surface area (TPSA) is 82.2 Å². The van der Waals surface area contributed by atoms with E-state index < -0.39 is 5.91 Å². The predicted molar refractivity (Wildman–Crippen MR) is 108 cm³/mol. The minimum absolute atomic E-state index is 0.111. The molecule has 0 aliphatic rings. The second-order valence-corrected chi connectivity index (χ2v) is 6.79. The zero-order chi connectivity index (χ0) is 20.9. The number of hydrogen-bond acceptors (Lipinski definition) is 5. The maximum atomic E-state index is 13.0. The summed E-state index contributed by atoms with van der Waals surface area (Å²) >= 11 is 5.84. The van der Waals surface area contributed by atoms with E-state index in [1.807, 2.05) is 0 Å². The molecule has 0 radical (unpaired) electrons. The molecular weight excluding hydrogens is 411 g/mol. The average Bonchev–Trinajstić information content (AvgIpc) is 3.39. The SMILES string of the molecule is O=C(Nc1ncn(Cc2ccc(F)cc2)n1)c1ccc(COc2ccc(Cl)cc2)o1. The lowest BCUT2D eigenvalue weighted by molar-refractivity contribution is 0.0991. The summed E-state index contributed by atoms with van der Waals surface area (Å²) in [7, 11) is 0. The number of rotatable bonds is 7. The number of hydrogen-bond donors (Lipinski definition) is 1. The highest BCUT2D eigenvalue weighted by molar-refractivity contribution is 6.30. The zero-order valence-electron chi connectivity index (χ0n) is 15.6. The summed E-state index contributed by atoms with van der Waals surface area (Å²) in [6.45, 7) is 0.565. The second kappa shape index (κ2) is 8.79. The van der Waals surface area contributed by atoms with E-state index in [-0.39, 0.29) is 24.1 Å². The number of ether oxygens (including phenoxy) is 1. The molecule has 2 aromatic heterocycles. The number of carbonyl (C=O) groups excluding carboxylic acids is 1. The lowest BCUT2D eigenvalue weighted by Gasteiger charge is -2.04. The summed E-state index contributed by atoms with van der Waals surface area (Å²) in [6.07, 6.45) is 1.48. The minimum Gasteiger partial charge on any atom is -0.486 e. The molecule has 0 fully saturated rings. The first kappa shape index (κ1) is 19.7. The Labute approximate surface area is 176 Å². The van der Waals surface area contributed by atoms with E-state index in [2.05, 4.69) is 15.4 Å². The van der Waals surface area contributed by atoms with Crippen molar-refractivity contribution in [1.29, 1.82) is 0 Å². The van der Waals surface area contributed by atoms with Gasteiger partial charge in [-0.2, -0.15) is 0 Å². The monoisotopic (exact) mass is 426 g/mol.